The second-order valence-corrected chi connectivity index (χ2v) is 7.84. The molecule has 0 spiro atoms. The summed E-state index contributed by atoms with van der Waals surface area (Å²) >= 11 is 0. The second-order valence-electron chi connectivity index (χ2n) is 7.84. The lowest BCUT2D eigenvalue weighted by atomic mass is 10.1. The summed E-state index contributed by atoms with van der Waals surface area (Å²) in [5.41, 5.74) is 1.07. The summed E-state index contributed by atoms with van der Waals surface area (Å²) in [6.45, 7) is 4.66. The molecule has 3 heterocycles. The Morgan fingerprint density at radius 2 is 1.90 bits per heavy atom. The van der Waals surface area contributed by atoms with E-state index in [1.54, 1.807) is 29.4 Å². The number of amides is 2. The number of hydrogen-bond acceptors (Lipinski definition) is 4. The smallest absolute Gasteiger partial charge is 0.228 e. The zero-order valence-electron chi connectivity index (χ0n) is 16.4. The van der Waals surface area contributed by atoms with Crippen LogP contribution in [0.4, 0.5) is 4.39 Å². The van der Waals surface area contributed by atoms with Gasteiger partial charge >= 0.3 is 0 Å². The van der Waals surface area contributed by atoms with E-state index in [-0.39, 0.29) is 30.0 Å². The number of halogens is 1. The minimum absolute atomic E-state index is 0.00695. The summed E-state index contributed by atoms with van der Waals surface area (Å²) in [4.78, 5) is 31.2. The van der Waals surface area contributed by atoms with Crippen LogP contribution in [0, 0.1) is 11.7 Å². The number of furan rings is 1. The molecule has 2 aliphatic heterocycles. The topological polar surface area (TPSA) is 57.0 Å². The molecule has 1 aromatic carbocycles. The Hall–Kier alpha value is -2.67. The summed E-state index contributed by atoms with van der Waals surface area (Å²) in [6, 6.07) is 10.2. The zero-order valence-corrected chi connectivity index (χ0v) is 16.4. The minimum Gasteiger partial charge on any atom is -0.467 e. The largest absolute Gasteiger partial charge is 0.467 e. The number of carbonyl (C=O) groups is 2. The highest BCUT2D eigenvalue weighted by Crippen LogP contribution is 2.23. The number of rotatable bonds is 5. The van der Waals surface area contributed by atoms with Crippen molar-refractivity contribution in [3.05, 3.63) is 59.8 Å². The van der Waals surface area contributed by atoms with E-state index in [0.717, 1.165) is 37.4 Å². The Bertz CT molecular complexity index is 837. The van der Waals surface area contributed by atoms with Gasteiger partial charge in [-0.15, -0.1) is 0 Å². The van der Waals surface area contributed by atoms with Gasteiger partial charge in [-0.3, -0.25) is 14.5 Å². The lowest BCUT2D eigenvalue weighted by molar-refractivity contribution is -0.135. The molecule has 0 bridgehead atoms. The van der Waals surface area contributed by atoms with Gasteiger partial charge < -0.3 is 14.2 Å². The van der Waals surface area contributed by atoms with E-state index in [1.807, 2.05) is 11.0 Å². The van der Waals surface area contributed by atoms with Gasteiger partial charge in [0.2, 0.25) is 11.8 Å². The first kappa shape index (κ1) is 19.6. The Kier molecular flexibility index (Phi) is 5.94. The van der Waals surface area contributed by atoms with Crippen LogP contribution in [-0.2, 0) is 22.7 Å². The molecule has 2 fully saturated rings. The van der Waals surface area contributed by atoms with Crippen molar-refractivity contribution in [3.8, 4) is 0 Å². The van der Waals surface area contributed by atoms with Crippen molar-refractivity contribution in [2.45, 2.75) is 25.9 Å². The quantitative estimate of drug-likeness (QED) is 0.775. The Morgan fingerprint density at radius 1 is 1.07 bits per heavy atom. The van der Waals surface area contributed by atoms with E-state index in [2.05, 4.69) is 4.90 Å². The lowest BCUT2D eigenvalue weighted by Gasteiger charge is -2.24. The van der Waals surface area contributed by atoms with Crippen molar-refractivity contribution >= 4 is 11.8 Å². The maximum atomic E-state index is 13.1. The van der Waals surface area contributed by atoms with Gasteiger partial charge in [0.1, 0.15) is 11.6 Å². The van der Waals surface area contributed by atoms with Gasteiger partial charge in [0.05, 0.1) is 18.7 Å². The molecular weight excluding hydrogens is 373 g/mol. The van der Waals surface area contributed by atoms with Crippen molar-refractivity contribution in [3.63, 3.8) is 0 Å². The first-order valence-corrected chi connectivity index (χ1v) is 10.1. The third kappa shape index (κ3) is 4.85. The van der Waals surface area contributed by atoms with Crippen LogP contribution in [0.3, 0.4) is 0 Å². The van der Waals surface area contributed by atoms with Crippen LogP contribution in [0.25, 0.3) is 0 Å². The van der Waals surface area contributed by atoms with E-state index in [9.17, 15) is 14.0 Å². The van der Waals surface area contributed by atoms with Crippen molar-refractivity contribution in [1.29, 1.82) is 0 Å². The molecule has 29 heavy (non-hydrogen) atoms. The van der Waals surface area contributed by atoms with E-state index in [1.165, 1.54) is 12.1 Å². The Morgan fingerprint density at radius 3 is 2.66 bits per heavy atom. The highest BCUT2D eigenvalue weighted by atomic mass is 19.1. The van der Waals surface area contributed by atoms with Crippen molar-refractivity contribution in [2.24, 2.45) is 5.92 Å². The van der Waals surface area contributed by atoms with Gasteiger partial charge in [-0.25, -0.2) is 4.39 Å². The third-order valence-electron chi connectivity index (χ3n) is 5.71. The predicted octanol–water partition coefficient (Wildman–Crippen LogP) is 2.50. The summed E-state index contributed by atoms with van der Waals surface area (Å²) in [6.07, 6.45) is 2.76. The molecule has 0 radical (unpaired) electrons. The molecule has 154 valence electrons. The standard InChI is InChI=1S/C22H26FN3O3/c23-19-6-4-17(5-7-19)14-24-8-2-9-25(11-10-24)22(28)18-13-21(27)26(15-18)16-20-3-1-12-29-20/h1,3-7,12,18H,2,8-11,13-16H2. The number of benzene rings is 1. The molecule has 1 unspecified atom stereocenters. The molecule has 6 nitrogen and oxygen atoms in total. The van der Waals surface area contributed by atoms with Crippen molar-refractivity contribution in [1.82, 2.24) is 14.7 Å². The zero-order chi connectivity index (χ0) is 20.2. The molecular formula is C22H26FN3O3. The first-order chi connectivity index (χ1) is 14.1. The molecule has 0 aliphatic carbocycles. The van der Waals surface area contributed by atoms with Gasteiger partial charge in [-0.2, -0.15) is 0 Å². The number of hydrogen-bond donors (Lipinski definition) is 0. The SMILES string of the molecule is O=C1CC(C(=O)N2CCCN(Cc3ccc(F)cc3)CC2)CN1Cc1ccco1. The number of carbonyl (C=O) groups excluding carboxylic acids is 2. The molecule has 7 heteroatoms. The summed E-state index contributed by atoms with van der Waals surface area (Å²) < 4.78 is 18.4. The maximum absolute atomic E-state index is 13.1. The monoisotopic (exact) mass is 399 g/mol. The van der Waals surface area contributed by atoms with Gasteiger partial charge in [0.25, 0.3) is 0 Å². The summed E-state index contributed by atoms with van der Waals surface area (Å²) in [5, 5.41) is 0. The summed E-state index contributed by atoms with van der Waals surface area (Å²) in [5.74, 6) is 0.309. The fourth-order valence-corrected chi connectivity index (χ4v) is 4.14. The van der Waals surface area contributed by atoms with Gasteiger partial charge in [0.15, 0.2) is 0 Å². The van der Waals surface area contributed by atoms with Crippen LogP contribution in [0.15, 0.2) is 47.1 Å². The fraction of sp³-hybridized carbons (Fsp3) is 0.455. The number of nitrogens with zero attached hydrogens (tertiary/aromatic N) is 3. The van der Waals surface area contributed by atoms with Crippen LogP contribution in [0.1, 0.15) is 24.2 Å². The minimum atomic E-state index is -0.277. The highest BCUT2D eigenvalue weighted by molar-refractivity contribution is 5.89. The van der Waals surface area contributed by atoms with Crippen molar-refractivity contribution in [2.75, 3.05) is 32.7 Å². The molecule has 2 aliphatic rings. The predicted molar refractivity (Wildman–Crippen MR) is 105 cm³/mol. The molecule has 2 saturated heterocycles. The van der Waals surface area contributed by atoms with Crippen LogP contribution in [0.5, 0.6) is 0 Å². The third-order valence-corrected chi connectivity index (χ3v) is 5.71. The maximum Gasteiger partial charge on any atom is 0.228 e. The molecule has 1 atom stereocenters. The van der Waals surface area contributed by atoms with Crippen LogP contribution >= 0.6 is 0 Å². The van der Waals surface area contributed by atoms with Gasteiger partial charge in [-0.1, -0.05) is 12.1 Å². The van der Waals surface area contributed by atoms with Gasteiger partial charge in [0, 0.05) is 45.7 Å². The average Bonchev–Trinajstić information content (AvgIpc) is 3.29. The summed E-state index contributed by atoms with van der Waals surface area (Å²) in [7, 11) is 0. The van der Waals surface area contributed by atoms with E-state index < -0.39 is 0 Å². The van der Waals surface area contributed by atoms with Gasteiger partial charge in [-0.05, 0) is 36.2 Å². The Balaban J connectivity index is 1.30. The van der Waals surface area contributed by atoms with E-state index >= 15 is 0 Å². The second kappa shape index (κ2) is 8.78. The molecule has 1 aromatic heterocycles. The fourth-order valence-electron chi connectivity index (χ4n) is 4.14. The molecule has 2 amide bonds. The highest BCUT2D eigenvalue weighted by Gasteiger charge is 2.37. The number of likely N-dealkylation sites (tertiary alicyclic amines) is 1. The Labute approximate surface area is 169 Å². The molecule has 0 saturated carbocycles. The van der Waals surface area contributed by atoms with Crippen LogP contribution in [-0.4, -0.2) is 59.2 Å². The van der Waals surface area contributed by atoms with E-state index in [4.69, 9.17) is 4.42 Å². The molecule has 2 aromatic rings. The molecule has 4 rings (SSSR count). The van der Waals surface area contributed by atoms with E-state index in [0.29, 0.717) is 26.2 Å². The normalized spacial score (nSPS) is 20.9. The first-order valence-electron chi connectivity index (χ1n) is 10.1. The lowest BCUT2D eigenvalue weighted by Crippen LogP contribution is -2.39. The van der Waals surface area contributed by atoms with Crippen LogP contribution < -0.4 is 0 Å². The molecule has 0 N–H and O–H groups in total. The van der Waals surface area contributed by atoms with Crippen LogP contribution in [0.2, 0.25) is 0 Å². The average molecular weight is 399 g/mol. The van der Waals surface area contributed by atoms with Crippen molar-refractivity contribution < 1.29 is 18.4 Å².